The van der Waals surface area contributed by atoms with Gasteiger partial charge in [0, 0.05) is 17.8 Å². The van der Waals surface area contributed by atoms with E-state index in [0.29, 0.717) is 5.92 Å². The number of nitro groups is 1. The summed E-state index contributed by atoms with van der Waals surface area (Å²) in [5.41, 5.74) is 4.51. The van der Waals surface area contributed by atoms with Crippen LogP contribution in [0.5, 0.6) is 0 Å². The topological polar surface area (TPSA) is 84.6 Å². The number of nitro benzene ring substituents is 1. The van der Waals surface area contributed by atoms with Crippen molar-refractivity contribution < 1.29 is 9.72 Å². The number of rotatable bonds is 4. The summed E-state index contributed by atoms with van der Waals surface area (Å²) in [6, 6.07) is 6.01. The van der Waals surface area contributed by atoms with Gasteiger partial charge in [0.15, 0.2) is 0 Å². The Balaban J connectivity index is 1.54. The van der Waals surface area contributed by atoms with Crippen molar-refractivity contribution in [1.29, 1.82) is 0 Å². The third kappa shape index (κ3) is 3.09. The van der Waals surface area contributed by atoms with Crippen LogP contribution in [0.25, 0.3) is 0 Å². The Morgan fingerprint density at radius 1 is 1.33 bits per heavy atom. The molecule has 0 unspecified atom stereocenters. The minimum Gasteiger partial charge on any atom is -0.273 e. The average Bonchev–Trinajstić information content (AvgIpc) is 3.08. The van der Waals surface area contributed by atoms with Gasteiger partial charge in [-0.2, -0.15) is 5.10 Å². The van der Waals surface area contributed by atoms with E-state index < -0.39 is 4.92 Å². The average molecular weight is 287 g/mol. The molecule has 0 spiro atoms. The fourth-order valence-corrected chi connectivity index (χ4v) is 3.26. The third-order valence-corrected chi connectivity index (χ3v) is 4.35. The highest BCUT2D eigenvalue weighted by atomic mass is 16.6. The van der Waals surface area contributed by atoms with Crippen molar-refractivity contribution in [3.63, 3.8) is 0 Å². The van der Waals surface area contributed by atoms with Gasteiger partial charge in [-0.25, -0.2) is 5.43 Å². The minimum atomic E-state index is -0.453. The Kier molecular flexibility index (Phi) is 3.68. The Bertz CT molecular complexity index is 595. The number of hydrogen-bond donors (Lipinski definition) is 1. The van der Waals surface area contributed by atoms with Crippen LogP contribution in [0.3, 0.4) is 0 Å². The number of hydrogen-bond acceptors (Lipinski definition) is 4. The first-order chi connectivity index (χ1) is 10.1. The molecule has 0 aliphatic heterocycles. The highest BCUT2D eigenvalue weighted by Gasteiger charge is 2.36. The molecule has 2 atom stereocenters. The molecule has 1 N–H and O–H groups in total. The van der Waals surface area contributed by atoms with E-state index >= 15 is 0 Å². The predicted molar refractivity (Wildman–Crippen MR) is 77.8 cm³/mol. The van der Waals surface area contributed by atoms with Gasteiger partial charge in [-0.15, -0.1) is 0 Å². The molecular weight excluding hydrogens is 270 g/mol. The van der Waals surface area contributed by atoms with E-state index in [9.17, 15) is 14.9 Å². The summed E-state index contributed by atoms with van der Waals surface area (Å²) in [5.74, 6) is 1.15. The molecule has 1 aromatic carbocycles. The Morgan fingerprint density at radius 3 is 2.67 bits per heavy atom. The molecule has 2 fully saturated rings. The number of benzene rings is 1. The zero-order chi connectivity index (χ0) is 14.8. The van der Waals surface area contributed by atoms with Gasteiger partial charge < -0.3 is 0 Å². The summed E-state index contributed by atoms with van der Waals surface area (Å²) in [6.45, 7) is 0. The van der Waals surface area contributed by atoms with Gasteiger partial charge in [0.2, 0.25) is 5.91 Å². The van der Waals surface area contributed by atoms with Crippen molar-refractivity contribution in [3.8, 4) is 0 Å². The zero-order valence-corrected chi connectivity index (χ0v) is 11.6. The highest BCUT2D eigenvalue weighted by molar-refractivity contribution is 5.91. The van der Waals surface area contributed by atoms with Crippen LogP contribution in [0, 0.1) is 22.0 Å². The quantitative estimate of drug-likeness (QED) is 0.681. The maximum absolute atomic E-state index is 11.8. The van der Waals surface area contributed by atoms with Gasteiger partial charge >= 0.3 is 0 Å². The van der Waals surface area contributed by atoms with E-state index in [0.717, 1.165) is 23.6 Å². The minimum absolute atomic E-state index is 0.0291. The lowest BCUT2D eigenvalue weighted by Crippen LogP contribution is -2.23. The second-order valence-corrected chi connectivity index (χ2v) is 5.82. The van der Waals surface area contributed by atoms with Crippen LogP contribution in [0.15, 0.2) is 29.4 Å². The van der Waals surface area contributed by atoms with Crippen LogP contribution in [0.4, 0.5) is 5.69 Å². The molecule has 2 saturated carbocycles. The largest absolute Gasteiger partial charge is 0.273 e. The van der Waals surface area contributed by atoms with E-state index in [2.05, 4.69) is 10.5 Å². The van der Waals surface area contributed by atoms with Gasteiger partial charge in [-0.3, -0.25) is 14.9 Å². The molecule has 110 valence electrons. The van der Waals surface area contributed by atoms with E-state index in [1.807, 2.05) is 0 Å². The van der Waals surface area contributed by atoms with Gasteiger partial charge in [0.1, 0.15) is 0 Å². The van der Waals surface area contributed by atoms with Crippen molar-refractivity contribution in [1.82, 2.24) is 5.43 Å². The van der Waals surface area contributed by atoms with Crippen LogP contribution in [0.1, 0.15) is 31.2 Å². The Hall–Kier alpha value is -2.24. The van der Waals surface area contributed by atoms with E-state index in [-0.39, 0.29) is 18.0 Å². The molecule has 2 bridgehead atoms. The zero-order valence-electron chi connectivity index (χ0n) is 11.6. The smallest absolute Gasteiger partial charge is 0.269 e. The monoisotopic (exact) mass is 287 g/mol. The maximum atomic E-state index is 11.8. The van der Waals surface area contributed by atoms with E-state index in [1.54, 1.807) is 12.1 Å². The number of nitrogens with one attached hydrogen (secondary N) is 1. The molecule has 6 nitrogen and oxygen atoms in total. The van der Waals surface area contributed by atoms with Crippen LogP contribution in [0.2, 0.25) is 0 Å². The lowest BCUT2D eigenvalue weighted by atomic mass is 9.99. The van der Waals surface area contributed by atoms with E-state index in [1.165, 1.54) is 31.4 Å². The molecule has 1 amide bonds. The first-order valence-corrected chi connectivity index (χ1v) is 7.20. The molecule has 0 radical (unpaired) electrons. The molecule has 0 heterocycles. The summed E-state index contributed by atoms with van der Waals surface area (Å²) in [4.78, 5) is 21.9. The Labute approximate surface area is 122 Å². The van der Waals surface area contributed by atoms with Gasteiger partial charge in [0.25, 0.3) is 5.69 Å². The van der Waals surface area contributed by atoms with Crippen molar-refractivity contribution in [2.75, 3.05) is 0 Å². The number of non-ortho nitro benzene ring substituents is 1. The standard InChI is InChI=1S/C15H17N3O3/c19-15(9-10-2-5-13(6-3-10)18(20)21)17-16-14-8-11-1-4-12(14)7-11/h2-3,5-6,11-12H,1,4,7-9H2,(H,17,19)/b16-14+/t11-,12-/m1/s1. The van der Waals surface area contributed by atoms with Crippen LogP contribution < -0.4 is 5.43 Å². The van der Waals surface area contributed by atoms with Gasteiger partial charge in [0.05, 0.1) is 11.3 Å². The van der Waals surface area contributed by atoms with Crippen molar-refractivity contribution in [3.05, 3.63) is 39.9 Å². The molecule has 0 aromatic heterocycles. The first kappa shape index (κ1) is 13.7. The van der Waals surface area contributed by atoms with Crippen LogP contribution in [-0.4, -0.2) is 16.5 Å². The molecule has 21 heavy (non-hydrogen) atoms. The number of amides is 1. The fourth-order valence-electron chi connectivity index (χ4n) is 3.26. The number of carbonyl (C=O) groups is 1. The van der Waals surface area contributed by atoms with E-state index in [4.69, 9.17) is 0 Å². The normalized spacial score (nSPS) is 25.2. The highest BCUT2D eigenvalue weighted by Crippen LogP contribution is 2.42. The maximum Gasteiger partial charge on any atom is 0.269 e. The summed E-state index contributed by atoms with van der Waals surface area (Å²) < 4.78 is 0. The van der Waals surface area contributed by atoms with Crippen LogP contribution >= 0.6 is 0 Å². The second kappa shape index (κ2) is 5.63. The number of nitrogens with zero attached hydrogens (tertiary/aromatic N) is 2. The molecule has 2 aliphatic rings. The number of hydrazone groups is 1. The number of fused-ring (bicyclic) bond motifs is 2. The number of carbonyl (C=O) groups excluding carboxylic acids is 1. The summed E-state index contributed by atoms with van der Waals surface area (Å²) in [5, 5.41) is 14.8. The summed E-state index contributed by atoms with van der Waals surface area (Å²) in [6.07, 6.45) is 4.91. The summed E-state index contributed by atoms with van der Waals surface area (Å²) in [7, 11) is 0. The second-order valence-electron chi connectivity index (χ2n) is 5.82. The molecule has 2 aliphatic carbocycles. The fraction of sp³-hybridized carbons (Fsp3) is 0.467. The first-order valence-electron chi connectivity index (χ1n) is 7.20. The molecule has 1 aromatic rings. The van der Waals surface area contributed by atoms with Crippen molar-refractivity contribution >= 4 is 17.3 Å². The third-order valence-electron chi connectivity index (χ3n) is 4.35. The Morgan fingerprint density at radius 2 is 2.10 bits per heavy atom. The molecule has 6 heteroatoms. The molecule has 0 saturated heterocycles. The van der Waals surface area contributed by atoms with Crippen molar-refractivity contribution in [2.24, 2.45) is 16.9 Å². The van der Waals surface area contributed by atoms with Crippen LogP contribution in [-0.2, 0) is 11.2 Å². The lowest BCUT2D eigenvalue weighted by molar-refractivity contribution is -0.384. The predicted octanol–water partition coefficient (Wildman–Crippen LogP) is 2.43. The molecular formula is C15H17N3O3. The summed E-state index contributed by atoms with van der Waals surface area (Å²) >= 11 is 0. The molecule has 3 rings (SSSR count). The van der Waals surface area contributed by atoms with Gasteiger partial charge in [-0.05, 0) is 43.1 Å². The van der Waals surface area contributed by atoms with Gasteiger partial charge in [-0.1, -0.05) is 12.1 Å². The SMILES string of the molecule is O=C(Cc1ccc([N+](=O)[O-])cc1)N/N=C1\C[C@@H]2CC[C@@H]1C2. The lowest BCUT2D eigenvalue weighted by Gasteiger charge is -2.11. The van der Waals surface area contributed by atoms with Crippen molar-refractivity contribution in [2.45, 2.75) is 32.1 Å².